The van der Waals surface area contributed by atoms with Crippen LogP contribution < -0.4 is 10.6 Å². The zero-order valence-electron chi connectivity index (χ0n) is 19.5. The first-order valence-electron chi connectivity index (χ1n) is 11.4. The van der Waals surface area contributed by atoms with Crippen molar-refractivity contribution in [2.45, 2.75) is 39.8 Å². The van der Waals surface area contributed by atoms with E-state index in [9.17, 15) is 14.9 Å². The summed E-state index contributed by atoms with van der Waals surface area (Å²) in [5.74, 6) is 1.71. The number of piperidine rings is 1. The number of aromatic nitrogens is 1. The largest absolute Gasteiger partial charge is 0.467 e. The highest BCUT2D eigenvalue weighted by Gasteiger charge is 2.27. The Labute approximate surface area is 198 Å². The van der Waals surface area contributed by atoms with Gasteiger partial charge in [-0.3, -0.25) is 14.5 Å². The van der Waals surface area contributed by atoms with E-state index < -0.39 is 0 Å². The molecule has 0 saturated carbocycles. The predicted molar refractivity (Wildman–Crippen MR) is 125 cm³/mol. The molecule has 0 aromatic carbocycles. The van der Waals surface area contributed by atoms with E-state index in [2.05, 4.69) is 16.7 Å². The molecule has 178 valence electrons. The Kier molecular flexibility index (Phi) is 7.18. The molecule has 0 unspecified atom stereocenters. The molecular weight excluding hydrogens is 434 g/mol. The number of hydrogen-bond acceptors (Lipinski definition) is 6. The average molecular weight is 464 g/mol. The number of carbonyl (C=O) groups is 2. The van der Waals surface area contributed by atoms with Crippen molar-refractivity contribution in [3.05, 3.63) is 65.1 Å². The molecule has 1 saturated heterocycles. The van der Waals surface area contributed by atoms with Gasteiger partial charge < -0.3 is 24.0 Å². The van der Waals surface area contributed by atoms with Crippen LogP contribution in [0.25, 0.3) is 0 Å². The minimum atomic E-state index is -0.185. The number of anilines is 1. The molecule has 4 heterocycles. The van der Waals surface area contributed by atoms with Gasteiger partial charge in [0, 0.05) is 11.6 Å². The fourth-order valence-corrected chi connectivity index (χ4v) is 4.35. The molecule has 1 fully saturated rings. The van der Waals surface area contributed by atoms with Gasteiger partial charge in [-0.1, -0.05) is 0 Å². The first kappa shape index (κ1) is 23.4. The van der Waals surface area contributed by atoms with E-state index in [-0.39, 0.29) is 24.3 Å². The number of rotatable bonds is 8. The van der Waals surface area contributed by atoms with Gasteiger partial charge in [-0.2, -0.15) is 5.26 Å². The van der Waals surface area contributed by atoms with E-state index in [1.807, 2.05) is 41.5 Å². The second kappa shape index (κ2) is 10.4. The summed E-state index contributed by atoms with van der Waals surface area (Å²) < 4.78 is 12.6. The SMILES string of the molecule is Cc1c(C#N)c(NC(=O)CN2CCC(C(=O)NCc3ccco3)CC2)n(Cc2ccco2)c1C. The van der Waals surface area contributed by atoms with Gasteiger partial charge in [0.1, 0.15) is 23.4 Å². The highest BCUT2D eigenvalue weighted by atomic mass is 16.3. The van der Waals surface area contributed by atoms with Crippen molar-refractivity contribution in [1.29, 1.82) is 5.26 Å². The lowest BCUT2D eigenvalue weighted by atomic mass is 9.96. The molecule has 1 aliphatic heterocycles. The Bertz CT molecular complexity index is 1160. The van der Waals surface area contributed by atoms with E-state index in [1.165, 1.54) is 0 Å². The van der Waals surface area contributed by atoms with Crippen LogP contribution >= 0.6 is 0 Å². The summed E-state index contributed by atoms with van der Waals surface area (Å²) >= 11 is 0. The first-order chi connectivity index (χ1) is 16.5. The molecule has 0 aliphatic carbocycles. The molecule has 0 bridgehead atoms. The van der Waals surface area contributed by atoms with Crippen LogP contribution in [0, 0.1) is 31.1 Å². The van der Waals surface area contributed by atoms with Gasteiger partial charge in [-0.25, -0.2) is 0 Å². The zero-order chi connectivity index (χ0) is 24.1. The number of carbonyl (C=O) groups excluding carboxylic acids is 2. The van der Waals surface area contributed by atoms with Gasteiger partial charge >= 0.3 is 0 Å². The lowest BCUT2D eigenvalue weighted by Crippen LogP contribution is -2.43. The van der Waals surface area contributed by atoms with Crippen molar-refractivity contribution in [2.75, 3.05) is 25.0 Å². The molecule has 9 heteroatoms. The lowest BCUT2D eigenvalue weighted by Gasteiger charge is -2.30. The molecule has 0 radical (unpaired) electrons. The van der Waals surface area contributed by atoms with E-state index in [0.29, 0.717) is 50.4 Å². The van der Waals surface area contributed by atoms with Crippen LogP contribution in [-0.4, -0.2) is 40.9 Å². The lowest BCUT2D eigenvalue weighted by molar-refractivity contribution is -0.126. The van der Waals surface area contributed by atoms with Gasteiger partial charge in [0.25, 0.3) is 0 Å². The van der Waals surface area contributed by atoms with Gasteiger partial charge in [0.05, 0.1) is 37.7 Å². The van der Waals surface area contributed by atoms with E-state index >= 15 is 0 Å². The van der Waals surface area contributed by atoms with Gasteiger partial charge in [-0.05, 0) is 69.6 Å². The summed E-state index contributed by atoms with van der Waals surface area (Å²) in [5, 5.41) is 15.6. The number of amides is 2. The maximum absolute atomic E-state index is 12.9. The molecule has 0 spiro atoms. The van der Waals surface area contributed by atoms with E-state index in [0.717, 1.165) is 22.8 Å². The topological polar surface area (TPSA) is 116 Å². The Morgan fingerprint density at radius 2 is 1.79 bits per heavy atom. The third kappa shape index (κ3) is 5.24. The fourth-order valence-electron chi connectivity index (χ4n) is 4.35. The van der Waals surface area contributed by atoms with E-state index in [4.69, 9.17) is 8.83 Å². The molecule has 2 N–H and O–H groups in total. The van der Waals surface area contributed by atoms with Crippen LogP contribution in [0.3, 0.4) is 0 Å². The minimum Gasteiger partial charge on any atom is -0.467 e. The molecule has 3 aromatic rings. The number of likely N-dealkylation sites (tertiary alicyclic amines) is 1. The molecule has 9 nitrogen and oxygen atoms in total. The summed E-state index contributed by atoms with van der Waals surface area (Å²) in [5.41, 5.74) is 2.21. The molecule has 2 amide bonds. The Balaban J connectivity index is 1.32. The summed E-state index contributed by atoms with van der Waals surface area (Å²) in [6, 6.07) is 9.52. The molecule has 1 aliphatic rings. The highest BCUT2D eigenvalue weighted by molar-refractivity contribution is 5.93. The minimum absolute atomic E-state index is 0.0147. The Morgan fingerprint density at radius 1 is 1.12 bits per heavy atom. The summed E-state index contributed by atoms with van der Waals surface area (Å²) in [6.45, 7) is 6.13. The van der Waals surface area contributed by atoms with Crippen LogP contribution in [0.1, 0.15) is 41.2 Å². The van der Waals surface area contributed by atoms with Crippen LogP contribution in [0.5, 0.6) is 0 Å². The second-order valence-electron chi connectivity index (χ2n) is 8.61. The van der Waals surface area contributed by atoms with Crippen molar-refractivity contribution in [1.82, 2.24) is 14.8 Å². The number of nitrogens with one attached hydrogen (secondary N) is 2. The monoisotopic (exact) mass is 463 g/mol. The number of nitriles is 1. The van der Waals surface area contributed by atoms with Crippen molar-refractivity contribution in [3.63, 3.8) is 0 Å². The van der Waals surface area contributed by atoms with Crippen LogP contribution in [0.15, 0.2) is 45.6 Å². The molecule has 3 aromatic heterocycles. The highest BCUT2D eigenvalue weighted by Crippen LogP contribution is 2.27. The average Bonchev–Trinajstić information content (AvgIpc) is 3.58. The Hall–Kier alpha value is -3.77. The van der Waals surface area contributed by atoms with Gasteiger partial charge in [0.15, 0.2) is 0 Å². The van der Waals surface area contributed by atoms with Crippen LogP contribution in [0.4, 0.5) is 5.82 Å². The van der Waals surface area contributed by atoms with Crippen LogP contribution in [0.2, 0.25) is 0 Å². The smallest absolute Gasteiger partial charge is 0.239 e. The third-order valence-electron chi connectivity index (χ3n) is 6.44. The zero-order valence-corrected chi connectivity index (χ0v) is 19.5. The summed E-state index contributed by atoms with van der Waals surface area (Å²) in [4.78, 5) is 27.4. The van der Waals surface area contributed by atoms with Crippen molar-refractivity contribution in [2.24, 2.45) is 5.92 Å². The van der Waals surface area contributed by atoms with Crippen molar-refractivity contribution < 1.29 is 18.4 Å². The number of hydrogen-bond donors (Lipinski definition) is 2. The maximum Gasteiger partial charge on any atom is 0.239 e. The van der Waals surface area contributed by atoms with Crippen LogP contribution in [-0.2, 0) is 22.7 Å². The first-order valence-corrected chi connectivity index (χ1v) is 11.4. The second-order valence-corrected chi connectivity index (χ2v) is 8.61. The molecule has 0 atom stereocenters. The third-order valence-corrected chi connectivity index (χ3v) is 6.44. The predicted octanol–water partition coefficient (Wildman–Crippen LogP) is 3.18. The standard InChI is InChI=1S/C25H29N5O4/c1-17-18(2)30(15-21-6-4-12-34-21)24(22(17)13-26)28-23(31)16-29-9-7-19(8-10-29)25(32)27-14-20-5-3-11-33-20/h3-6,11-12,19H,7-10,14-16H2,1-2H3,(H,27,32)(H,28,31). The summed E-state index contributed by atoms with van der Waals surface area (Å²) in [7, 11) is 0. The number of furan rings is 2. The molecular formula is C25H29N5O4. The number of nitrogens with zero attached hydrogens (tertiary/aromatic N) is 3. The van der Waals surface area contributed by atoms with E-state index in [1.54, 1.807) is 18.6 Å². The van der Waals surface area contributed by atoms with Gasteiger partial charge in [0.2, 0.25) is 11.8 Å². The summed E-state index contributed by atoms with van der Waals surface area (Å²) in [6.07, 6.45) is 4.56. The fraction of sp³-hybridized carbons (Fsp3) is 0.400. The Morgan fingerprint density at radius 3 is 2.41 bits per heavy atom. The van der Waals surface area contributed by atoms with Gasteiger partial charge in [-0.15, -0.1) is 0 Å². The normalized spacial score (nSPS) is 14.6. The maximum atomic E-state index is 12.9. The van der Waals surface area contributed by atoms with Crippen molar-refractivity contribution in [3.8, 4) is 6.07 Å². The molecule has 34 heavy (non-hydrogen) atoms. The van der Waals surface area contributed by atoms with Crippen molar-refractivity contribution >= 4 is 17.6 Å². The molecule has 4 rings (SSSR count). The quantitative estimate of drug-likeness (QED) is 0.530.